The van der Waals surface area contributed by atoms with Crippen LogP contribution in [0.4, 0.5) is 5.95 Å². The number of hydrogen-bond donors (Lipinski definition) is 2. The monoisotopic (exact) mass is 297 g/mol. The van der Waals surface area contributed by atoms with Crippen molar-refractivity contribution in [1.82, 2.24) is 9.97 Å². The molecule has 0 saturated carbocycles. The summed E-state index contributed by atoms with van der Waals surface area (Å²) in [5, 5.41) is 3.27. The predicted molar refractivity (Wildman–Crippen MR) is 87.7 cm³/mol. The van der Waals surface area contributed by atoms with E-state index in [1.807, 2.05) is 48.5 Å². The molecule has 0 fully saturated rings. The minimum absolute atomic E-state index is 0.639. The van der Waals surface area contributed by atoms with E-state index >= 15 is 0 Å². The summed E-state index contributed by atoms with van der Waals surface area (Å²) in [6, 6.07) is 15.6. The number of methoxy groups -OCH3 is 1. The average molecular weight is 297 g/mol. The Labute approximate surface area is 129 Å². The minimum Gasteiger partial charge on any atom is -0.497 e. The maximum Gasteiger partial charge on any atom is 0.201 e. The number of nitrogens with zero attached hydrogens (tertiary/aromatic N) is 1. The zero-order valence-electron chi connectivity index (χ0n) is 12.5. The molecule has 0 unspecified atom stereocenters. The molecular weight excluding hydrogens is 278 g/mol. The van der Waals surface area contributed by atoms with Crippen LogP contribution in [0.5, 0.6) is 11.5 Å². The first-order valence-electron chi connectivity index (χ1n) is 7.30. The van der Waals surface area contributed by atoms with Crippen molar-refractivity contribution in [3.63, 3.8) is 0 Å². The van der Waals surface area contributed by atoms with Gasteiger partial charge in [0.1, 0.15) is 11.5 Å². The van der Waals surface area contributed by atoms with Gasteiger partial charge in [0.25, 0.3) is 0 Å². The van der Waals surface area contributed by atoms with Crippen LogP contribution < -0.4 is 14.8 Å². The molecule has 3 rings (SSSR count). The third kappa shape index (κ3) is 3.49. The fourth-order valence-electron chi connectivity index (χ4n) is 2.20. The molecule has 1 aromatic heterocycles. The van der Waals surface area contributed by atoms with Crippen LogP contribution in [-0.4, -0.2) is 30.2 Å². The van der Waals surface area contributed by atoms with Gasteiger partial charge in [-0.05, 0) is 30.7 Å². The predicted octanol–water partition coefficient (Wildman–Crippen LogP) is 3.45. The van der Waals surface area contributed by atoms with Crippen molar-refractivity contribution in [2.75, 3.05) is 25.6 Å². The normalized spacial score (nSPS) is 10.6. The second-order valence-corrected chi connectivity index (χ2v) is 4.91. The highest BCUT2D eigenvalue weighted by Gasteiger charge is 2.01. The van der Waals surface area contributed by atoms with E-state index in [1.54, 1.807) is 7.11 Å². The number of para-hydroxylation sites is 2. The van der Waals surface area contributed by atoms with Crippen LogP contribution in [0.2, 0.25) is 0 Å². The second kappa shape index (κ2) is 6.85. The van der Waals surface area contributed by atoms with Crippen LogP contribution in [0.1, 0.15) is 6.42 Å². The van der Waals surface area contributed by atoms with Crippen molar-refractivity contribution in [3.05, 3.63) is 48.5 Å². The second-order valence-electron chi connectivity index (χ2n) is 4.91. The van der Waals surface area contributed by atoms with Gasteiger partial charge in [0, 0.05) is 12.6 Å². The Kier molecular flexibility index (Phi) is 4.44. The summed E-state index contributed by atoms with van der Waals surface area (Å²) < 4.78 is 10.9. The van der Waals surface area contributed by atoms with Gasteiger partial charge in [0.15, 0.2) is 0 Å². The summed E-state index contributed by atoms with van der Waals surface area (Å²) in [6.07, 6.45) is 0.883. The van der Waals surface area contributed by atoms with E-state index in [-0.39, 0.29) is 0 Å². The van der Waals surface area contributed by atoms with Crippen molar-refractivity contribution in [3.8, 4) is 11.5 Å². The minimum atomic E-state index is 0.639. The highest BCUT2D eigenvalue weighted by Crippen LogP contribution is 2.19. The number of fused-ring (bicyclic) bond motifs is 1. The Morgan fingerprint density at radius 1 is 1.09 bits per heavy atom. The lowest BCUT2D eigenvalue weighted by atomic mass is 10.3. The third-order valence-corrected chi connectivity index (χ3v) is 3.31. The SMILES string of the molecule is COc1cccc(OCCCNc2nc3ccccc3[nH]2)c1. The number of rotatable bonds is 7. The van der Waals surface area contributed by atoms with Crippen molar-refractivity contribution in [2.24, 2.45) is 0 Å². The molecule has 0 saturated heterocycles. The van der Waals surface area contributed by atoms with Gasteiger partial charge in [0.05, 0.1) is 24.8 Å². The first-order chi connectivity index (χ1) is 10.8. The molecule has 0 radical (unpaired) electrons. The Hall–Kier alpha value is -2.69. The third-order valence-electron chi connectivity index (χ3n) is 3.31. The van der Waals surface area contributed by atoms with E-state index in [0.717, 1.165) is 41.4 Å². The molecule has 5 nitrogen and oxygen atoms in total. The van der Waals surface area contributed by atoms with Gasteiger partial charge in [-0.25, -0.2) is 4.98 Å². The van der Waals surface area contributed by atoms with Crippen LogP contribution in [0.3, 0.4) is 0 Å². The Morgan fingerprint density at radius 2 is 1.95 bits per heavy atom. The standard InChI is InChI=1S/C17H19N3O2/c1-21-13-6-4-7-14(12-13)22-11-5-10-18-17-19-15-8-2-3-9-16(15)20-17/h2-4,6-9,12H,5,10-11H2,1H3,(H2,18,19,20). The molecule has 0 aliphatic carbocycles. The molecule has 3 aromatic rings. The summed E-state index contributed by atoms with van der Waals surface area (Å²) in [5.41, 5.74) is 2.01. The van der Waals surface area contributed by atoms with Crippen molar-refractivity contribution in [2.45, 2.75) is 6.42 Å². The topological polar surface area (TPSA) is 59.2 Å². The molecule has 2 aromatic carbocycles. The molecule has 114 valence electrons. The zero-order chi connectivity index (χ0) is 15.2. The summed E-state index contributed by atoms with van der Waals surface area (Å²) in [7, 11) is 1.65. The fraction of sp³-hybridized carbons (Fsp3) is 0.235. The number of aromatic amines is 1. The molecule has 0 amide bonds. The first-order valence-corrected chi connectivity index (χ1v) is 7.30. The van der Waals surface area contributed by atoms with E-state index in [9.17, 15) is 0 Å². The quantitative estimate of drug-likeness (QED) is 0.656. The molecular formula is C17H19N3O2. The molecule has 0 bridgehead atoms. The Morgan fingerprint density at radius 3 is 2.82 bits per heavy atom. The maximum atomic E-state index is 5.69. The lowest BCUT2D eigenvalue weighted by Gasteiger charge is -2.08. The average Bonchev–Trinajstić information content (AvgIpc) is 2.97. The van der Waals surface area contributed by atoms with Crippen LogP contribution in [0.15, 0.2) is 48.5 Å². The van der Waals surface area contributed by atoms with Gasteiger partial charge >= 0.3 is 0 Å². The number of benzene rings is 2. The number of anilines is 1. The van der Waals surface area contributed by atoms with Crippen molar-refractivity contribution < 1.29 is 9.47 Å². The van der Waals surface area contributed by atoms with E-state index in [2.05, 4.69) is 15.3 Å². The summed E-state index contributed by atoms with van der Waals surface area (Å²) in [4.78, 5) is 7.71. The number of hydrogen-bond acceptors (Lipinski definition) is 4. The van der Waals surface area contributed by atoms with Crippen molar-refractivity contribution >= 4 is 17.0 Å². The van der Waals surface area contributed by atoms with Crippen LogP contribution in [-0.2, 0) is 0 Å². The molecule has 0 aliphatic rings. The molecule has 0 atom stereocenters. The van der Waals surface area contributed by atoms with E-state index < -0.39 is 0 Å². The zero-order valence-corrected chi connectivity index (χ0v) is 12.5. The van der Waals surface area contributed by atoms with Crippen molar-refractivity contribution in [1.29, 1.82) is 0 Å². The van der Waals surface area contributed by atoms with Crippen LogP contribution in [0, 0.1) is 0 Å². The smallest absolute Gasteiger partial charge is 0.201 e. The highest BCUT2D eigenvalue weighted by atomic mass is 16.5. The molecule has 22 heavy (non-hydrogen) atoms. The number of nitrogens with one attached hydrogen (secondary N) is 2. The van der Waals surface area contributed by atoms with Gasteiger partial charge < -0.3 is 19.8 Å². The van der Waals surface area contributed by atoms with Gasteiger partial charge in [-0.1, -0.05) is 18.2 Å². The first kappa shape index (κ1) is 14.3. The number of H-pyrrole nitrogens is 1. The molecule has 0 aliphatic heterocycles. The fourth-order valence-corrected chi connectivity index (χ4v) is 2.20. The molecule has 5 heteroatoms. The van der Waals surface area contributed by atoms with Gasteiger partial charge in [0.2, 0.25) is 5.95 Å². The largest absolute Gasteiger partial charge is 0.497 e. The summed E-state index contributed by atoms with van der Waals surface area (Å²) in [5.74, 6) is 2.42. The molecule has 1 heterocycles. The highest BCUT2D eigenvalue weighted by molar-refractivity contribution is 5.77. The number of aromatic nitrogens is 2. The van der Waals surface area contributed by atoms with Crippen LogP contribution >= 0.6 is 0 Å². The Bertz CT molecular complexity index is 706. The lowest BCUT2D eigenvalue weighted by molar-refractivity contribution is 0.312. The Balaban J connectivity index is 1.43. The summed E-state index contributed by atoms with van der Waals surface area (Å²) in [6.45, 7) is 1.43. The van der Waals surface area contributed by atoms with Gasteiger partial charge in [-0.15, -0.1) is 0 Å². The number of imidazole rings is 1. The lowest BCUT2D eigenvalue weighted by Crippen LogP contribution is -2.08. The van der Waals surface area contributed by atoms with Crippen LogP contribution in [0.25, 0.3) is 11.0 Å². The van der Waals surface area contributed by atoms with E-state index in [4.69, 9.17) is 9.47 Å². The summed E-state index contributed by atoms with van der Waals surface area (Å²) >= 11 is 0. The molecule has 2 N–H and O–H groups in total. The van der Waals surface area contributed by atoms with E-state index in [1.165, 1.54) is 0 Å². The van der Waals surface area contributed by atoms with E-state index in [0.29, 0.717) is 6.61 Å². The molecule has 0 spiro atoms. The van der Waals surface area contributed by atoms with Gasteiger partial charge in [-0.2, -0.15) is 0 Å². The maximum absolute atomic E-state index is 5.69. The van der Waals surface area contributed by atoms with Gasteiger partial charge in [-0.3, -0.25) is 0 Å². The number of ether oxygens (including phenoxy) is 2.